The van der Waals surface area contributed by atoms with E-state index in [0.29, 0.717) is 5.75 Å². The van der Waals surface area contributed by atoms with Crippen molar-refractivity contribution in [3.05, 3.63) is 0 Å². The molecule has 13 heteroatoms. The van der Waals surface area contributed by atoms with Gasteiger partial charge in [-0.1, -0.05) is 0 Å². The fraction of sp³-hybridized carbons (Fsp3) is 0.688. The number of carbonyl (C=O) groups is 5. The third-order valence-corrected chi connectivity index (χ3v) is 4.41. The van der Waals surface area contributed by atoms with Gasteiger partial charge in [-0.25, -0.2) is 4.79 Å². The zero-order chi connectivity index (χ0) is 22.6. The van der Waals surface area contributed by atoms with Gasteiger partial charge in [-0.2, -0.15) is 11.8 Å². The molecule has 0 radical (unpaired) electrons. The van der Waals surface area contributed by atoms with Gasteiger partial charge < -0.3 is 37.0 Å². The topological polar surface area (TPSA) is 208 Å². The Labute approximate surface area is 172 Å². The maximum absolute atomic E-state index is 12.4. The molecule has 0 aromatic carbocycles. The van der Waals surface area contributed by atoms with Gasteiger partial charge in [-0.15, -0.1) is 0 Å². The summed E-state index contributed by atoms with van der Waals surface area (Å²) in [5, 5.41) is 33.9. The van der Waals surface area contributed by atoms with Crippen molar-refractivity contribution in [3.8, 4) is 0 Å². The van der Waals surface area contributed by atoms with E-state index in [1.807, 2.05) is 0 Å². The summed E-state index contributed by atoms with van der Waals surface area (Å²) in [4.78, 5) is 57.9. The molecular formula is C16H28N4O8S. The summed E-state index contributed by atoms with van der Waals surface area (Å²) < 4.78 is 0. The zero-order valence-electron chi connectivity index (χ0n) is 16.2. The normalized spacial score (nSPS) is 14.8. The molecule has 0 aromatic heterocycles. The summed E-state index contributed by atoms with van der Waals surface area (Å²) in [6.07, 6.45) is 0.0885. The Balaban J connectivity index is 4.89. The second-order valence-corrected chi connectivity index (χ2v) is 7.20. The predicted molar refractivity (Wildman–Crippen MR) is 104 cm³/mol. The SMILES string of the molecule is CSCCC(NC(=O)CNC(=O)C(N)C(C)O)C(=O)NC(CCC(=O)O)C(=O)O. The van der Waals surface area contributed by atoms with E-state index < -0.39 is 66.9 Å². The molecular weight excluding hydrogens is 408 g/mol. The summed E-state index contributed by atoms with van der Waals surface area (Å²) in [6.45, 7) is 0.819. The number of aliphatic hydroxyl groups excluding tert-OH is 1. The first-order valence-corrected chi connectivity index (χ1v) is 10.1. The highest BCUT2D eigenvalue weighted by atomic mass is 32.2. The molecule has 12 nitrogen and oxygen atoms in total. The van der Waals surface area contributed by atoms with Crippen LogP contribution in [0.2, 0.25) is 0 Å². The second kappa shape index (κ2) is 13.7. The number of thioether (sulfide) groups is 1. The lowest BCUT2D eigenvalue weighted by atomic mass is 10.1. The summed E-state index contributed by atoms with van der Waals surface area (Å²) in [6, 6.07) is -3.72. The molecule has 0 saturated heterocycles. The molecule has 0 fully saturated rings. The highest BCUT2D eigenvalue weighted by Crippen LogP contribution is 2.04. The minimum Gasteiger partial charge on any atom is -0.481 e. The van der Waals surface area contributed by atoms with Gasteiger partial charge in [0.05, 0.1) is 12.6 Å². The van der Waals surface area contributed by atoms with Crippen LogP contribution in [0.15, 0.2) is 0 Å². The predicted octanol–water partition coefficient (Wildman–Crippen LogP) is -2.52. The molecule has 0 aliphatic heterocycles. The molecule has 4 atom stereocenters. The van der Waals surface area contributed by atoms with Crippen LogP contribution in [0, 0.1) is 0 Å². The van der Waals surface area contributed by atoms with Crippen LogP contribution in [0.5, 0.6) is 0 Å². The van der Waals surface area contributed by atoms with Crippen LogP contribution in [0.1, 0.15) is 26.2 Å². The van der Waals surface area contributed by atoms with E-state index in [2.05, 4.69) is 16.0 Å². The molecule has 4 unspecified atom stereocenters. The Morgan fingerprint density at radius 1 is 1.00 bits per heavy atom. The number of hydrogen-bond donors (Lipinski definition) is 7. The minimum absolute atomic E-state index is 0.186. The van der Waals surface area contributed by atoms with Gasteiger partial charge in [0, 0.05) is 6.42 Å². The van der Waals surface area contributed by atoms with Gasteiger partial charge in [0.15, 0.2) is 0 Å². The Hall–Kier alpha value is -2.38. The first kappa shape index (κ1) is 26.6. The molecule has 0 spiro atoms. The lowest BCUT2D eigenvalue weighted by Gasteiger charge is -2.21. The van der Waals surface area contributed by atoms with Crippen molar-refractivity contribution in [2.45, 2.75) is 50.4 Å². The summed E-state index contributed by atoms with van der Waals surface area (Å²) in [7, 11) is 0. The highest BCUT2D eigenvalue weighted by molar-refractivity contribution is 7.98. The van der Waals surface area contributed by atoms with Crippen molar-refractivity contribution in [2.24, 2.45) is 5.73 Å². The lowest BCUT2D eigenvalue weighted by Crippen LogP contribution is -2.54. The fourth-order valence-electron chi connectivity index (χ4n) is 2.05. The molecule has 3 amide bonds. The highest BCUT2D eigenvalue weighted by Gasteiger charge is 2.27. The van der Waals surface area contributed by atoms with Crippen LogP contribution >= 0.6 is 11.8 Å². The van der Waals surface area contributed by atoms with Crippen molar-refractivity contribution in [3.63, 3.8) is 0 Å². The molecule has 0 saturated carbocycles. The average molecular weight is 436 g/mol. The van der Waals surface area contributed by atoms with Crippen LogP contribution in [0.25, 0.3) is 0 Å². The Kier molecular flexibility index (Phi) is 12.6. The molecule has 0 aliphatic carbocycles. The van der Waals surface area contributed by atoms with Gasteiger partial charge in [0.25, 0.3) is 0 Å². The van der Waals surface area contributed by atoms with Gasteiger partial charge in [0.2, 0.25) is 17.7 Å². The molecule has 0 heterocycles. The summed E-state index contributed by atoms with van der Waals surface area (Å²) in [5.41, 5.74) is 5.44. The van der Waals surface area contributed by atoms with Crippen molar-refractivity contribution < 1.29 is 39.3 Å². The average Bonchev–Trinajstić information content (AvgIpc) is 2.64. The van der Waals surface area contributed by atoms with E-state index in [0.717, 1.165) is 0 Å². The largest absolute Gasteiger partial charge is 0.481 e. The standard InChI is InChI=1S/C16H28N4O8S/c1-8(21)13(17)15(26)18-7-11(22)19-9(5-6-29-2)14(25)20-10(16(27)28)3-4-12(23)24/h8-10,13,21H,3-7,17H2,1-2H3,(H,18,26)(H,19,22)(H,20,25)(H,23,24)(H,27,28). The summed E-state index contributed by atoms with van der Waals surface area (Å²) >= 11 is 1.40. The second-order valence-electron chi connectivity index (χ2n) is 6.22. The number of carboxylic acids is 2. The van der Waals surface area contributed by atoms with Crippen molar-refractivity contribution >= 4 is 41.4 Å². The number of amides is 3. The van der Waals surface area contributed by atoms with Gasteiger partial charge >= 0.3 is 11.9 Å². The zero-order valence-corrected chi connectivity index (χ0v) is 17.0. The molecule has 0 aliphatic rings. The number of aliphatic hydroxyl groups is 1. The number of nitrogens with two attached hydrogens (primary N) is 1. The van der Waals surface area contributed by atoms with Crippen LogP contribution in [0.4, 0.5) is 0 Å². The van der Waals surface area contributed by atoms with Crippen LogP contribution in [0.3, 0.4) is 0 Å². The van der Waals surface area contributed by atoms with Gasteiger partial charge in [0.1, 0.15) is 18.1 Å². The first-order valence-electron chi connectivity index (χ1n) is 8.74. The Bertz CT molecular complexity index is 601. The van der Waals surface area contributed by atoms with Crippen molar-refractivity contribution in [2.75, 3.05) is 18.6 Å². The molecule has 8 N–H and O–H groups in total. The van der Waals surface area contributed by atoms with Gasteiger partial charge in [-0.05, 0) is 31.8 Å². The van der Waals surface area contributed by atoms with Crippen LogP contribution in [-0.2, 0) is 24.0 Å². The third-order valence-electron chi connectivity index (χ3n) is 3.77. The maximum atomic E-state index is 12.4. The van der Waals surface area contributed by atoms with E-state index in [4.69, 9.17) is 15.9 Å². The maximum Gasteiger partial charge on any atom is 0.326 e. The Morgan fingerprint density at radius 2 is 1.62 bits per heavy atom. The fourth-order valence-corrected chi connectivity index (χ4v) is 2.52. The van der Waals surface area contributed by atoms with Gasteiger partial charge in [-0.3, -0.25) is 19.2 Å². The van der Waals surface area contributed by atoms with E-state index in [-0.39, 0.29) is 12.8 Å². The van der Waals surface area contributed by atoms with E-state index in [1.165, 1.54) is 18.7 Å². The molecule has 0 aromatic rings. The van der Waals surface area contributed by atoms with Crippen LogP contribution in [-0.4, -0.2) is 87.8 Å². The van der Waals surface area contributed by atoms with E-state index >= 15 is 0 Å². The molecule has 29 heavy (non-hydrogen) atoms. The molecule has 0 bridgehead atoms. The smallest absolute Gasteiger partial charge is 0.326 e. The van der Waals surface area contributed by atoms with E-state index in [9.17, 15) is 29.1 Å². The first-order chi connectivity index (χ1) is 13.5. The monoisotopic (exact) mass is 436 g/mol. The number of rotatable bonds is 14. The minimum atomic E-state index is -1.42. The lowest BCUT2D eigenvalue weighted by molar-refractivity contribution is -0.143. The summed E-state index contributed by atoms with van der Waals surface area (Å²) in [5.74, 6) is -4.37. The molecule has 0 rings (SSSR count). The van der Waals surface area contributed by atoms with Crippen molar-refractivity contribution in [1.82, 2.24) is 16.0 Å². The Morgan fingerprint density at radius 3 is 2.10 bits per heavy atom. The number of hydrogen-bond acceptors (Lipinski definition) is 8. The quantitative estimate of drug-likeness (QED) is 0.152. The van der Waals surface area contributed by atoms with E-state index in [1.54, 1.807) is 6.26 Å². The number of carboxylic acid groups (broad SMARTS) is 2. The third kappa shape index (κ3) is 11.3. The number of nitrogens with one attached hydrogen (secondary N) is 3. The molecule has 166 valence electrons. The number of carbonyl (C=O) groups excluding carboxylic acids is 3. The van der Waals surface area contributed by atoms with Crippen LogP contribution < -0.4 is 21.7 Å². The van der Waals surface area contributed by atoms with Crippen molar-refractivity contribution in [1.29, 1.82) is 0 Å². The number of aliphatic carboxylic acids is 2.